The number of amidine groups is 1. The minimum atomic E-state index is -1.33. The van der Waals surface area contributed by atoms with E-state index in [1.54, 1.807) is 18.5 Å². The van der Waals surface area contributed by atoms with Crippen LogP contribution in [0, 0.1) is 5.92 Å². The first kappa shape index (κ1) is 20.9. The number of amides is 1. The number of pyridine rings is 1. The number of halogens is 2. The van der Waals surface area contributed by atoms with Crippen molar-refractivity contribution in [3.05, 3.63) is 29.0 Å². The van der Waals surface area contributed by atoms with Crippen LogP contribution in [-0.2, 0) is 4.79 Å². The van der Waals surface area contributed by atoms with Crippen LogP contribution < -0.4 is 5.32 Å². The Morgan fingerprint density at radius 3 is 3.10 bits per heavy atom. The highest BCUT2D eigenvalue weighted by Gasteiger charge is 2.30. The van der Waals surface area contributed by atoms with E-state index >= 15 is 0 Å². The van der Waals surface area contributed by atoms with Crippen LogP contribution in [0.15, 0.2) is 28.4 Å². The molecule has 1 amide bonds. The second-order valence-corrected chi connectivity index (χ2v) is 8.75. The van der Waals surface area contributed by atoms with Crippen molar-refractivity contribution < 1.29 is 9.18 Å². The van der Waals surface area contributed by atoms with Gasteiger partial charge < -0.3 is 9.88 Å². The maximum Gasteiger partial charge on any atom is 0.222 e. The Morgan fingerprint density at radius 1 is 1.47 bits per heavy atom. The molecule has 0 aliphatic carbocycles. The van der Waals surface area contributed by atoms with E-state index in [1.807, 2.05) is 18.7 Å². The van der Waals surface area contributed by atoms with Crippen LogP contribution in [0.2, 0.25) is 5.02 Å². The third kappa shape index (κ3) is 4.54. The molecule has 0 saturated carbocycles. The van der Waals surface area contributed by atoms with E-state index in [0.717, 1.165) is 30.3 Å². The number of H-pyrrole nitrogens is 1. The topological polar surface area (TPSA) is 85.7 Å². The van der Waals surface area contributed by atoms with Gasteiger partial charge in [0.25, 0.3) is 0 Å². The molecule has 0 aromatic carbocycles. The zero-order valence-corrected chi connectivity index (χ0v) is 17.9. The van der Waals surface area contributed by atoms with Crippen molar-refractivity contribution in [2.24, 2.45) is 15.9 Å². The predicted molar refractivity (Wildman–Crippen MR) is 117 cm³/mol. The van der Waals surface area contributed by atoms with Crippen LogP contribution in [0.1, 0.15) is 38.7 Å². The van der Waals surface area contributed by atoms with E-state index in [-0.39, 0.29) is 11.9 Å². The van der Waals surface area contributed by atoms with Gasteiger partial charge in [-0.05, 0) is 24.8 Å². The van der Waals surface area contributed by atoms with Gasteiger partial charge in [0.05, 0.1) is 5.02 Å². The number of rotatable bonds is 5. The molecule has 3 unspecified atom stereocenters. The number of nitrogens with zero attached hydrogens (tertiary/aromatic N) is 4. The fourth-order valence-electron chi connectivity index (χ4n) is 3.95. The summed E-state index contributed by atoms with van der Waals surface area (Å²) in [6.07, 6.45) is 4.82. The van der Waals surface area contributed by atoms with Gasteiger partial charge >= 0.3 is 0 Å². The molecule has 160 valence electrons. The highest BCUT2D eigenvalue weighted by molar-refractivity contribution is 6.31. The maximum absolute atomic E-state index is 14.6. The van der Waals surface area contributed by atoms with Gasteiger partial charge in [0.2, 0.25) is 5.91 Å². The first-order valence-corrected chi connectivity index (χ1v) is 10.7. The molecule has 7 nitrogen and oxygen atoms in total. The predicted octanol–water partition coefficient (Wildman–Crippen LogP) is 3.34. The number of aliphatic imine (C=N–C) groups is 2. The minimum absolute atomic E-state index is 0.00584. The quantitative estimate of drug-likeness (QED) is 0.759. The Bertz CT molecular complexity index is 987. The number of alkyl halides is 1. The average molecular weight is 433 g/mol. The molecule has 3 atom stereocenters. The Balaban J connectivity index is 1.50. The van der Waals surface area contributed by atoms with E-state index in [1.165, 1.54) is 6.21 Å². The minimum Gasteiger partial charge on any atom is -0.345 e. The standard InChI is InChI=1S/C21H26ClFN6O/c1-12(2)6-18(30)29-5-3-4-14(11-29)27-21-17(23)10-26-20(28-21)16-9-25-19-15(16)7-13(22)8-24-19/h7-10,12,14,17,21,27H,3-6,11H2,1-2H3,(H,24,25). The first-order valence-electron chi connectivity index (χ1n) is 10.3. The van der Waals surface area contributed by atoms with Gasteiger partial charge in [0, 0.05) is 55.1 Å². The van der Waals surface area contributed by atoms with Crippen molar-refractivity contribution in [3.63, 3.8) is 0 Å². The molecule has 1 saturated heterocycles. The van der Waals surface area contributed by atoms with E-state index in [0.29, 0.717) is 35.4 Å². The molecule has 9 heteroatoms. The summed E-state index contributed by atoms with van der Waals surface area (Å²) in [5.41, 5.74) is 1.40. The summed E-state index contributed by atoms with van der Waals surface area (Å²) in [4.78, 5) is 30.4. The summed E-state index contributed by atoms with van der Waals surface area (Å²) in [5.74, 6) is 0.910. The third-order valence-corrected chi connectivity index (χ3v) is 5.61. The lowest BCUT2D eigenvalue weighted by Crippen LogP contribution is -2.53. The van der Waals surface area contributed by atoms with E-state index in [4.69, 9.17) is 11.6 Å². The zero-order chi connectivity index (χ0) is 21.3. The van der Waals surface area contributed by atoms with Crippen molar-refractivity contribution in [1.29, 1.82) is 0 Å². The SMILES string of the molecule is CC(C)CC(=O)N1CCCC(NC2N=C(c3c[nH]c4ncc(Cl)cc34)N=CC2F)C1. The van der Waals surface area contributed by atoms with Crippen molar-refractivity contribution in [2.45, 2.75) is 51.5 Å². The molecular weight excluding hydrogens is 407 g/mol. The molecule has 30 heavy (non-hydrogen) atoms. The normalized spacial score (nSPS) is 24.5. The lowest BCUT2D eigenvalue weighted by atomic mass is 10.0. The van der Waals surface area contributed by atoms with Gasteiger partial charge in [0.15, 0.2) is 12.0 Å². The second kappa shape index (κ2) is 8.81. The van der Waals surface area contributed by atoms with Gasteiger partial charge in [-0.1, -0.05) is 25.4 Å². The number of aromatic nitrogens is 2. The Labute approximate surface area is 179 Å². The first-order chi connectivity index (χ1) is 14.4. The molecule has 0 radical (unpaired) electrons. The summed E-state index contributed by atoms with van der Waals surface area (Å²) < 4.78 is 14.6. The molecule has 2 N–H and O–H groups in total. The van der Waals surface area contributed by atoms with Crippen molar-refractivity contribution in [3.8, 4) is 0 Å². The number of carbonyl (C=O) groups excluding carboxylic acids is 1. The van der Waals surface area contributed by atoms with Crippen LogP contribution in [0.25, 0.3) is 11.0 Å². The number of likely N-dealkylation sites (tertiary alicyclic amines) is 1. The van der Waals surface area contributed by atoms with Crippen LogP contribution in [0.3, 0.4) is 0 Å². The highest BCUT2D eigenvalue weighted by atomic mass is 35.5. The Morgan fingerprint density at radius 2 is 2.30 bits per heavy atom. The zero-order valence-electron chi connectivity index (χ0n) is 17.1. The van der Waals surface area contributed by atoms with Crippen LogP contribution in [-0.4, -0.2) is 64.3 Å². The van der Waals surface area contributed by atoms with Crippen LogP contribution in [0.4, 0.5) is 4.39 Å². The summed E-state index contributed by atoms with van der Waals surface area (Å²) in [6.45, 7) is 5.41. The number of hydrogen-bond acceptors (Lipinski definition) is 5. The third-order valence-electron chi connectivity index (χ3n) is 5.40. The molecule has 2 aliphatic heterocycles. The number of fused-ring (bicyclic) bond motifs is 1. The Kier molecular flexibility index (Phi) is 6.15. The molecule has 2 aromatic rings. The molecular formula is C21H26ClFN6O. The van der Waals surface area contributed by atoms with E-state index in [2.05, 4.69) is 25.3 Å². The number of carbonyl (C=O) groups is 1. The summed E-state index contributed by atoms with van der Waals surface area (Å²) in [5, 5.41) is 4.60. The van der Waals surface area contributed by atoms with Gasteiger partial charge in [0.1, 0.15) is 11.8 Å². The molecule has 1 fully saturated rings. The monoisotopic (exact) mass is 432 g/mol. The van der Waals surface area contributed by atoms with Gasteiger partial charge in [-0.15, -0.1) is 0 Å². The second-order valence-electron chi connectivity index (χ2n) is 8.32. The lowest BCUT2D eigenvalue weighted by Gasteiger charge is -2.35. The molecule has 2 aliphatic rings. The highest BCUT2D eigenvalue weighted by Crippen LogP contribution is 2.23. The maximum atomic E-state index is 14.6. The van der Waals surface area contributed by atoms with E-state index < -0.39 is 12.3 Å². The fourth-order valence-corrected chi connectivity index (χ4v) is 4.11. The smallest absolute Gasteiger partial charge is 0.222 e. The number of hydrogen-bond donors (Lipinski definition) is 2. The number of aromatic amines is 1. The number of piperidine rings is 1. The lowest BCUT2D eigenvalue weighted by molar-refractivity contribution is -0.133. The molecule has 2 aromatic heterocycles. The van der Waals surface area contributed by atoms with Crippen molar-refractivity contribution >= 4 is 40.6 Å². The van der Waals surface area contributed by atoms with Crippen LogP contribution in [0.5, 0.6) is 0 Å². The molecule has 0 bridgehead atoms. The van der Waals surface area contributed by atoms with Gasteiger partial charge in [-0.25, -0.2) is 19.4 Å². The van der Waals surface area contributed by atoms with Gasteiger partial charge in [-0.2, -0.15) is 0 Å². The summed E-state index contributed by atoms with van der Waals surface area (Å²) in [6, 6.07) is 1.78. The van der Waals surface area contributed by atoms with Gasteiger partial charge in [-0.3, -0.25) is 10.1 Å². The van der Waals surface area contributed by atoms with Crippen molar-refractivity contribution in [2.75, 3.05) is 13.1 Å². The summed E-state index contributed by atoms with van der Waals surface area (Å²) in [7, 11) is 0. The van der Waals surface area contributed by atoms with Crippen LogP contribution >= 0.6 is 11.6 Å². The average Bonchev–Trinajstić information content (AvgIpc) is 3.12. The molecule has 0 spiro atoms. The van der Waals surface area contributed by atoms with E-state index in [9.17, 15) is 9.18 Å². The largest absolute Gasteiger partial charge is 0.345 e. The number of nitrogens with one attached hydrogen (secondary N) is 2. The van der Waals surface area contributed by atoms with Crippen molar-refractivity contribution in [1.82, 2.24) is 20.2 Å². The summed E-state index contributed by atoms with van der Waals surface area (Å²) >= 11 is 6.08. The molecule has 4 rings (SSSR count). The fraction of sp³-hybridized carbons (Fsp3) is 0.524. The molecule has 4 heterocycles. The Hall–Kier alpha value is -2.32.